The number of pyridine rings is 1. The predicted molar refractivity (Wildman–Crippen MR) is 92.5 cm³/mol. The van der Waals surface area contributed by atoms with E-state index in [0.717, 1.165) is 31.7 Å². The van der Waals surface area contributed by atoms with Crippen LogP contribution in [-0.2, 0) is 14.3 Å². The Balaban J connectivity index is 1.53. The summed E-state index contributed by atoms with van der Waals surface area (Å²) in [7, 11) is 0. The maximum Gasteiger partial charge on any atom is 0.339 e. The summed E-state index contributed by atoms with van der Waals surface area (Å²) in [4.78, 5) is 32.7. The van der Waals surface area contributed by atoms with E-state index >= 15 is 0 Å². The van der Waals surface area contributed by atoms with Gasteiger partial charge < -0.3 is 19.3 Å². The highest BCUT2D eigenvalue weighted by Gasteiger charge is 2.29. The fraction of sp³-hybridized carbons (Fsp3) is 0.611. The van der Waals surface area contributed by atoms with E-state index < -0.39 is 0 Å². The van der Waals surface area contributed by atoms with Crippen LogP contribution in [-0.4, -0.2) is 67.8 Å². The summed E-state index contributed by atoms with van der Waals surface area (Å²) in [5, 5.41) is 0. The van der Waals surface area contributed by atoms with Gasteiger partial charge in [-0.25, -0.2) is 9.78 Å². The van der Waals surface area contributed by atoms with Gasteiger partial charge in [-0.3, -0.25) is 4.79 Å². The summed E-state index contributed by atoms with van der Waals surface area (Å²) in [6.45, 7) is 6.42. The van der Waals surface area contributed by atoms with Crippen molar-refractivity contribution < 1.29 is 19.1 Å². The van der Waals surface area contributed by atoms with Gasteiger partial charge in [0, 0.05) is 51.5 Å². The van der Waals surface area contributed by atoms with E-state index in [-0.39, 0.29) is 17.8 Å². The molecule has 0 bridgehead atoms. The fourth-order valence-corrected chi connectivity index (χ4v) is 3.27. The number of esters is 1. The second-order valence-electron chi connectivity index (χ2n) is 6.32. The first kappa shape index (κ1) is 17.7. The molecule has 25 heavy (non-hydrogen) atoms. The van der Waals surface area contributed by atoms with E-state index in [4.69, 9.17) is 9.47 Å². The summed E-state index contributed by atoms with van der Waals surface area (Å²) in [5.74, 6) is 0.843. The molecule has 7 heteroatoms. The third kappa shape index (κ3) is 4.28. The number of anilines is 1. The molecule has 2 fully saturated rings. The summed E-state index contributed by atoms with van der Waals surface area (Å²) in [5.41, 5.74) is 0.457. The van der Waals surface area contributed by atoms with Crippen molar-refractivity contribution in [3.05, 3.63) is 23.9 Å². The van der Waals surface area contributed by atoms with Crippen LogP contribution in [0.25, 0.3) is 0 Å². The van der Waals surface area contributed by atoms with Crippen LogP contribution < -0.4 is 4.90 Å². The maximum absolute atomic E-state index is 12.6. The van der Waals surface area contributed by atoms with Gasteiger partial charge in [0.15, 0.2) is 0 Å². The zero-order chi connectivity index (χ0) is 17.6. The molecule has 0 atom stereocenters. The van der Waals surface area contributed by atoms with Crippen LogP contribution >= 0.6 is 0 Å². The molecule has 7 nitrogen and oxygen atoms in total. The Hall–Kier alpha value is -2.15. The van der Waals surface area contributed by atoms with Gasteiger partial charge >= 0.3 is 5.97 Å². The normalized spacial score (nSPS) is 18.9. The minimum Gasteiger partial charge on any atom is -0.462 e. The number of rotatable bonds is 4. The van der Waals surface area contributed by atoms with Crippen molar-refractivity contribution in [2.45, 2.75) is 19.8 Å². The molecule has 0 aliphatic carbocycles. The van der Waals surface area contributed by atoms with Crippen molar-refractivity contribution in [2.75, 3.05) is 50.9 Å². The second-order valence-corrected chi connectivity index (χ2v) is 6.32. The van der Waals surface area contributed by atoms with E-state index in [2.05, 4.69) is 9.88 Å². The van der Waals surface area contributed by atoms with Crippen molar-refractivity contribution in [3.63, 3.8) is 0 Å². The molecule has 136 valence electrons. The first-order valence-corrected chi connectivity index (χ1v) is 8.93. The Morgan fingerprint density at radius 1 is 1.20 bits per heavy atom. The van der Waals surface area contributed by atoms with Gasteiger partial charge in [-0.2, -0.15) is 0 Å². The van der Waals surface area contributed by atoms with E-state index in [1.54, 1.807) is 19.2 Å². The Kier molecular flexibility index (Phi) is 5.86. The van der Waals surface area contributed by atoms with Crippen LogP contribution in [0, 0.1) is 5.92 Å². The molecule has 0 unspecified atom stereocenters. The molecule has 0 aromatic carbocycles. The van der Waals surface area contributed by atoms with Crippen LogP contribution in [0.2, 0.25) is 0 Å². The number of piperazine rings is 1. The summed E-state index contributed by atoms with van der Waals surface area (Å²) >= 11 is 0. The molecule has 2 saturated heterocycles. The molecule has 1 aromatic heterocycles. The number of ether oxygens (including phenoxy) is 2. The zero-order valence-corrected chi connectivity index (χ0v) is 14.6. The van der Waals surface area contributed by atoms with Crippen LogP contribution in [0.5, 0.6) is 0 Å². The highest BCUT2D eigenvalue weighted by molar-refractivity contribution is 5.89. The predicted octanol–water partition coefficient (Wildman–Crippen LogP) is 1.33. The van der Waals surface area contributed by atoms with Crippen LogP contribution in [0.1, 0.15) is 30.1 Å². The molecule has 1 aromatic rings. The summed E-state index contributed by atoms with van der Waals surface area (Å²) < 4.78 is 10.3. The largest absolute Gasteiger partial charge is 0.462 e. The van der Waals surface area contributed by atoms with E-state index in [1.807, 2.05) is 11.0 Å². The number of carbonyl (C=O) groups is 2. The van der Waals surface area contributed by atoms with Gasteiger partial charge in [0.05, 0.1) is 12.2 Å². The Labute approximate surface area is 147 Å². The van der Waals surface area contributed by atoms with Crippen LogP contribution in [0.3, 0.4) is 0 Å². The average molecular weight is 347 g/mol. The van der Waals surface area contributed by atoms with Gasteiger partial charge in [0.25, 0.3) is 0 Å². The molecule has 0 radical (unpaired) electrons. The number of aromatic nitrogens is 1. The van der Waals surface area contributed by atoms with Gasteiger partial charge in [-0.1, -0.05) is 0 Å². The first-order valence-electron chi connectivity index (χ1n) is 8.93. The van der Waals surface area contributed by atoms with Crippen molar-refractivity contribution in [1.82, 2.24) is 9.88 Å². The Morgan fingerprint density at radius 2 is 1.92 bits per heavy atom. The Bertz CT molecular complexity index is 591. The average Bonchev–Trinajstić information content (AvgIpc) is 2.68. The molecule has 1 amide bonds. The number of hydrogen-bond acceptors (Lipinski definition) is 6. The van der Waals surface area contributed by atoms with Crippen molar-refractivity contribution >= 4 is 17.7 Å². The fourth-order valence-electron chi connectivity index (χ4n) is 3.27. The maximum atomic E-state index is 12.6. The smallest absolute Gasteiger partial charge is 0.339 e. The van der Waals surface area contributed by atoms with Crippen molar-refractivity contribution in [2.24, 2.45) is 5.92 Å². The number of amides is 1. The van der Waals surface area contributed by atoms with Gasteiger partial charge in [0.1, 0.15) is 5.82 Å². The number of hydrogen-bond donors (Lipinski definition) is 0. The molecule has 3 rings (SSSR count). The van der Waals surface area contributed by atoms with E-state index in [1.165, 1.54) is 0 Å². The minimum absolute atomic E-state index is 0.113. The van der Waals surface area contributed by atoms with Gasteiger partial charge in [-0.15, -0.1) is 0 Å². The highest BCUT2D eigenvalue weighted by Crippen LogP contribution is 2.20. The lowest BCUT2D eigenvalue weighted by Gasteiger charge is -2.37. The standard InChI is InChI=1S/C18H25N3O4/c1-2-25-18(23)15-3-4-16(19-13-15)20-7-9-21(10-8-20)17(22)14-5-11-24-12-6-14/h3-4,13-14H,2,5-12H2,1H3. The van der Waals surface area contributed by atoms with Crippen molar-refractivity contribution in [3.8, 4) is 0 Å². The topological polar surface area (TPSA) is 72.0 Å². The molecule has 3 heterocycles. The molecule has 0 saturated carbocycles. The van der Waals surface area contributed by atoms with Gasteiger partial charge in [0.2, 0.25) is 5.91 Å². The molecule has 0 spiro atoms. The summed E-state index contributed by atoms with van der Waals surface area (Å²) in [6, 6.07) is 3.57. The first-order chi connectivity index (χ1) is 12.2. The molecule has 2 aliphatic heterocycles. The number of nitrogens with zero attached hydrogens (tertiary/aromatic N) is 3. The third-order valence-electron chi connectivity index (χ3n) is 4.74. The van der Waals surface area contributed by atoms with Gasteiger partial charge in [-0.05, 0) is 31.9 Å². The molecular formula is C18H25N3O4. The molecule has 0 N–H and O–H groups in total. The van der Waals surface area contributed by atoms with Crippen LogP contribution in [0.4, 0.5) is 5.82 Å². The quantitative estimate of drug-likeness (QED) is 0.765. The zero-order valence-electron chi connectivity index (χ0n) is 14.6. The lowest BCUT2D eigenvalue weighted by Crippen LogP contribution is -2.51. The minimum atomic E-state index is -0.353. The lowest BCUT2D eigenvalue weighted by molar-refractivity contribution is -0.138. The summed E-state index contributed by atoms with van der Waals surface area (Å²) in [6.07, 6.45) is 3.21. The second kappa shape index (κ2) is 8.29. The van der Waals surface area contributed by atoms with Crippen molar-refractivity contribution in [1.29, 1.82) is 0 Å². The third-order valence-corrected chi connectivity index (χ3v) is 4.74. The SMILES string of the molecule is CCOC(=O)c1ccc(N2CCN(C(=O)C3CCOCC3)CC2)nc1. The lowest BCUT2D eigenvalue weighted by atomic mass is 9.98. The Morgan fingerprint density at radius 3 is 2.52 bits per heavy atom. The van der Waals surface area contributed by atoms with E-state index in [0.29, 0.717) is 38.5 Å². The molecular weight excluding hydrogens is 322 g/mol. The monoisotopic (exact) mass is 347 g/mol. The molecule has 2 aliphatic rings. The highest BCUT2D eigenvalue weighted by atomic mass is 16.5. The number of carbonyl (C=O) groups excluding carboxylic acids is 2. The van der Waals surface area contributed by atoms with E-state index in [9.17, 15) is 9.59 Å². The van der Waals surface area contributed by atoms with Crippen LogP contribution in [0.15, 0.2) is 18.3 Å².